The smallest absolute Gasteiger partial charge is 0.265 e. The van der Waals surface area contributed by atoms with Gasteiger partial charge in [-0.3, -0.25) is 14.2 Å². The van der Waals surface area contributed by atoms with Crippen LogP contribution >= 0.6 is 11.6 Å². The third kappa shape index (κ3) is 5.60. The molecule has 1 aromatic heterocycles. The van der Waals surface area contributed by atoms with Crippen LogP contribution in [0, 0.1) is 11.3 Å². The van der Waals surface area contributed by atoms with Gasteiger partial charge < -0.3 is 10.2 Å². The number of aromatic nitrogens is 2. The zero-order valence-electron chi connectivity index (χ0n) is 21.7. The van der Waals surface area contributed by atoms with Crippen molar-refractivity contribution >= 4 is 28.4 Å². The fourth-order valence-corrected chi connectivity index (χ4v) is 6.40. The van der Waals surface area contributed by atoms with E-state index in [2.05, 4.69) is 17.1 Å². The van der Waals surface area contributed by atoms with Gasteiger partial charge in [-0.05, 0) is 69.0 Å². The Morgan fingerprint density at radius 3 is 2.78 bits per heavy atom. The van der Waals surface area contributed by atoms with Crippen molar-refractivity contribution < 1.29 is 4.79 Å². The number of halogens is 1. The maximum Gasteiger partial charge on any atom is 0.265 e. The summed E-state index contributed by atoms with van der Waals surface area (Å²) in [6.07, 6.45) is 7.79. The normalized spacial score (nSPS) is 20.9. The highest BCUT2D eigenvalue weighted by atomic mass is 35.5. The summed E-state index contributed by atoms with van der Waals surface area (Å²) >= 11 is 6.31. The minimum atomic E-state index is -0.217. The Bertz CT molecular complexity index is 1310. The lowest BCUT2D eigenvalue weighted by Crippen LogP contribution is -2.53. The van der Waals surface area contributed by atoms with Gasteiger partial charge in [0.15, 0.2) is 0 Å². The number of hydrogen-bond donors (Lipinski definition) is 1. The molecule has 196 valence electrons. The molecule has 1 spiro atoms. The van der Waals surface area contributed by atoms with Crippen LogP contribution in [0.25, 0.3) is 16.6 Å². The Balaban J connectivity index is 1.51. The number of hydrogen-bond acceptors (Lipinski definition) is 4. The number of nitrogens with one attached hydrogen (secondary N) is 1. The van der Waals surface area contributed by atoms with Gasteiger partial charge in [0.25, 0.3) is 5.56 Å². The summed E-state index contributed by atoms with van der Waals surface area (Å²) in [5.74, 6) is 0.606. The molecule has 2 fully saturated rings. The lowest BCUT2D eigenvalue weighted by atomic mass is 9.74. The molecular formula is C30H37ClN4O2. The van der Waals surface area contributed by atoms with Crippen LogP contribution in [0.5, 0.6) is 0 Å². The molecular weight excluding hydrogens is 484 g/mol. The Labute approximate surface area is 224 Å². The van der Waals surface area contributed by atoms with E-state index in [1.54, 1.807) is 22.8 Å². The molecule has 3 heterocycles. The topological polar surface area (TPSA) is 67.2 Å². The number of fused-ring (bicyclic) bond motifs is 1. The summed E-state index contributed by atoms with van der Waals surface area (Å²) in [6.45, 7) is 5.87. The van der Waals surface area contributed by atoms with Crippen LogP contribution < -0.4 is 10.9 Å². The molecule has 2 aromatic carbocycles. The van der Waals surface area contributed by atoms with Crippen LogP contribution in [0.4, 0.5) is 0 Å². The second kappa shape index (κ2) is 11.4. The number of rotatable bonds is 7. The van der Waals surface area contributed by atoms with Crippen molar-refractivity contribution in [3.05, 3.63) is 69.7 Å². The number of benzene rings is 2. The average molecular weight is 521 g/mol. The molecule has 2 saturated heterocycles. The maximum atomic E-state index is 14.1. The summed E-state index contributed by atoms with van der Waals surface area (Å²) in [7, 11) is 0. The molecule has 7 heteroatoms. The zero-order chi connectivity index (χ0) is 25.8. The van der Waals surface area contributed by atoms with E-state index in [0.717, 1.165) is 51.9 Å². The molecule has 0 radical (unpaired) electrons. The molecule has 3 aromatic rings. The first-order valence-corrected chi connectivity index (χ1v) is 14.1. The first-order chi connectivity index (χ1) is 18.0. The van der Waals surface area contributed by atoms with Gasteiger partial charge in [0.2, 0.25) is 5.91 Å². The fraction of sp³-hybridized carbons (Fsp3) is 0.500. The van der Waals surface area contributed by atoms with Gasteiger partial charge in [-0.25, -0.2) is 4.98 Å². The molecule has 6 nitrogen and oxygen atoms in total. The van der Waals surface area contributed by atoms with Gasteiger partial charge in [0, 0.05) is 42.4 Å². The molecule has 0 bridgehead atoms. The Kier molecular flexibility index (Phi) is 7.96. The van der Waals surface area contributed by atoms with E-state index in [1.807, 2.05) is 30.3 Å². The fourth-order valence-electron chi connectivity index (χ4n) is 6.21. The van der Waals surface area contributed by atoms with E-state index in [9.17, 15) is 9.59 Å². The van der Waals surface area contributed by atoms with Gasteiger partial charge >= 0.3 is 0 Å². The Morgan fingerprint density at radius 2 is 2.00 bits per heavy atom. The first-order valence-electron chi connectivity index (χ1n) is 13.8. The zero-order valence-corrected chi connectivity index (χ0v) is 22.5. The number of carbonyl (C=O) groups excluding carboxylic acids is 1. The van der Waals surface area contributed by atoms with Crippen molar-refractivity contribution in [3.8, 4) is 5.69 Å². The number of likely N-dealkylation sites (tertiary alicyclic amines) is 1. The summed E-state index contributed by atoms with van der Waals surface area (Å²) in [5, 5.41) is 4.68. The van der Waals surface area contributed by atoms with Crippen molar-refractivity contribution in [2.24, 2.45) is 11.3 Å². The largest absolute Gasteiger partial charge is 0.342 e. The highest BCUT2D eigenvalue weighted by Gasteiger charge is 2.39. The number of para-hydroxylation sites is 1. The molecule has 5 rings (SSSR count). The van der Waals surface area contributed by atoms with E-state index in [4.69, 9.17) is 16.6 Å². The number of nitrogens with zero attached hydrogens (tertiary/aromatic N) is 3. The number of piperidine rings is 2. The molecule has 2 atom stereocenters. The average Bonchev–Trinajstić information content (AvgIpc) is 2.91. The Hall–Kier alpha value is -2.70. The van der Waals surface area contributed by atoms with Crippen molar-refractivity contribution in [2.75, 3.05) is 26.2 Å². The monoisotopic (exact) mass is 520 g/mol. The van der Waals surface area contributed by atoms with Gasteiger partial charge in [-0.15, -0.1) is 0 Å². The first kappa shape index (κ1) is 25.9. The van der Waals surface area contributed by atoms with Crippen LogP contribution in [0.2, 0.25) is 5.02 Å². The number of amides is 1. The van der Waals surface area contributed by atoms with E-state index in [-0.39, 0.29) is 22.8 Å². The highest BCUT2D eigenvalue weighted by Crippen LogP contribution is 2.37. The number of unbranched alkanes of at least 4 members (excludes halogenated alkanes) is 1. The van der Waals surface area contributed by atoms with Gasteiger partial charge in [0.05, 0.1) is 16.6 Å². The Morgan fingerprint density at radius 1 is 1.16 bits per heavy atom. The van der Waals surface area contributed by atoms with E-state index < -0.39 is 0 Å². The lowest BCUT2D eigenvalue weighted by Gasteiger charge is -2.46. The second-order valence-electron chi connectivity index (χ2n) is 10.9. The van der Waals surface area contributed by atoms with Gasteiger partial charge in [-0.1, -0.05) is 49.6 Å². The van der Waals surface area contributed by atoms with Crippen LogP contribution in [0.1, 0.15) is 57.7 Å². The summed E-state index contributed by atoms with van der Waals surface area (Å²) in [4.78, 5) is 34.8. The molecule has 2 unspecified atom stereocenters. The number of carbonyl (C=O) groups is 1. The highest BCUT2D eigenvalue weighted by molar-refractivity contribution is 6.30. The minimum absolute atomic E-state index is 0.130. The molecule has 1 N–H and O–H groups in total. The quantitative estimate of drug-likeness (QED) is 0.454. The molecule has 2 aliphatic heterocycles. The third-order valence-electron chi connectivity index (χ3n) is 8.13. The van der Waals surface area contributed by atoms with Crippen LogP contribution in [0.15, 0.2) is 53.3 Å². The molecule has 0 saturated carbocycles. The third-order valence-corrected chi connectivity index (χ3v) is 8.36. The maximum absolute atomic E-state index is 14.1. The van der Waals surface area contributed by atoms with E-state index in [0.29, 0.717) is 33.9 Å². The predicted molar refractivity (Wildman–Crippen MR) is 149 cm³/mol. The summed E-state index contributed by atoms with van der Waals surface area (Å²) < 4.78 is 1.66. The standard InChI is InChI=1S/C30H37ClN4O2/c1-2-3-9-22(28(36)34-17-8-15-30(21-34)14-7-16-32-20-30)18-27-33-26-13-5-4-12-25(26)29(37)35(27)24-11-6-10-23(31)19-24/h4-6,10-13,19,22,32H,2-3,7-9,14-18,20-21H2,1H3. The SMILES string of the molecule is CCCCC(Cc1nc2ccccc2c(=O)n1-c1cccc(Cl)c1)C(=O)N1CCCC2(CCCNC2)C1. The molecule has 0 aliphatic carbocycles. The van der Waals surface area contributed by atoms with Crippen molar-refractivity contribution in [1.82, 2.24) is 19.8 Å². The predicted octanol–water partition coefficient (Wildman–Crippen LogP) is 5.38. The van der Waals surface area contributed by atoms with E-state index in [1.165, 1.54) is 19.3 Å². The van der Waals surface area contributed by atoms with Gasteiger partial charge in [-0.2, -0.15) is 0 Å². The van der Waals surface area contributed by atoms with Crippen molar-refractivity contribution in [3.63, 3.8) is 0 Å². The van der Waals surface area contributed by atoms with Crippen LogP contribution in [-0.2, 0) is 11.2 Å². The molecule has 37 heavy (non-hydrogen) atoms. The summed E-state index contributed by atoms with van der Waals surface area (Å²) in [5.41, 5.74) is 1.41. The minimum Gasteiger partial charge on any atom is -0.342 e. The van der Waals surface area contributed by atoms with E-state index >= 15 is 0 Å². The summed E-state index contributed by atoms with van der Waals surface area (Å²) in [6, 6.07) is 14.7. The van der Waals surface area contributed by atoms with Gasteiger partial charge in [0.1, 0.15) is 5.82 Å². The van der Waals surface area contributed by atoms with Crippen LogP contribution in [-0.4, -0.2) is 46.5 Å². The van der Waals surface area contributed by atoms with Crippen molar-refractivity contribution in [1.29, 1.82) is 0 Å². The molecule has 2 aliphatic rings. The lowest BCUT2D eigenvalue weighted by molar-refractivity contribution is -0.139. The molecule has 1 amide bonds. The second-order valence-corrected chi connectivity index (χ2v) is 11.3. The van der Waals surface area contributed by atoms with Crippen LogP contribution in [0.3, 0.4) is 0 Å². The van der Waals surface area contributed by atoms with Crippen molar-refractivity contribution in [2.45, 2.75) is 58.3 Å².